The number of para-hydroxylation sites is 1. The maximum atomic E-state index is 9.20. The van der Waals surface area contributed by atoms with E-state index in [1.165, 1.54) is 10.9 Å². The Balaban J connectivity index is 0.00000364. The molecule has 0 amide bonds. The topological polar surface area (TPSA) is 69.5 Å². The van der Waals surface area contributed by atoms with Crippen LogP contribution in [0.1, 0.15) is 38.7 Å². The van der Waals surface area contributed by atoms with Crippen LogP contribution >= 0.6 is 24.0 Å². The molecule has 1 atom stereocenters. The van der Waals surface area contributed by atoms with E-state index in [0.717, 1.165) is 56.8 Å². The number of rotatable bonds is 10. The van der Waals surface area contributed by atoms with Gasteiger partial charge in [-0.3, -0.25) is 9.98 Å². The molecule has 0 aliphatic carbocycles. The highest BCUT2D eigenvalue weighted by Gasteiger charge is 2.07. The lowest BCUT2D eigenvalue weighted by atomic mass is 10.0. The quantitative estimate of drug-likeness (QED) is 0.273. The number of benzene rings is 1. The first-order chi connectivity index (χ1) is 12.8. The lowest BCUT2D eigenvalue weighted by Gasteiger charge is -2.15. The first kappa shape index (κ1) is 23.6. The van der Waals surface area contributed by atoms with Crippen LogP contribution in [-0.2, 0) is 6.42 Å². The Kier molecular flexibility index (Phi) is 12.0. The van der Waals surface area contributed by atoms with Crippen LogP contribution < -0.4 is 10.6 Å². The highest BCUT2D eigenvalue weighted by molar-refractivity contribution is 14.0. The van der Waals surface area contributed by atoms with Crippen molar-refractivity contribution >= 4 is 40.8 Å². The van der Waals surface area contributed by atoms with E-state index in [-0.39, 0.29) is 30.6 Å². The Morgan fingerprint density at radius 1 is 1.15 bits per heavy atom. The average molecular weight is 484 g/mol. The summed E-state index contributed by atoms with van der Waals surface area (Å²) in [5.41, 5.74) is 2.32. The summed E-state index contributed by atoms with van der Waals surface area (Å²) < 4.78 is 0. The third-order valence-corrected chi connectivity index (χ3v) is 4.49. The number of nitrogens with zero attached hydrogens (tertiary/aromatic N) is 2. The zero-order valence-corrected chi connectivity index (χ0v) is 18.8. The predicted molar refractivity (Wildman–Crippen MR) is 125 cm³/mol. The number of guanidine groups is 1. The molecule has 3 N–H and O–H groups in total. The van der Waals surface area contributed by atoms with Gasteiger partial charge in [-0.2, -0.15) is 0 Å². The van der Waals surface area contributed by atoms with Crippen molar-refractivity contribution < 1.29 is 5.11 Å². The van der Waals surface area contributed by atoms with Crippen LogP contribution in [0.5, 0.6) is 0 Å². The number of nitrogens with one attached hydrogen (secondary N) is 2. The second-order valence-electron chi connectivity index (χ2n) is 6.56. The molecule has 2 aromatic rings. The van der Waals surface area contributed by atoms with Crippen molar-refractivity contribution in [3.8, 4) is 0 Å². The van der Waals surface area contributed by atoms with Gasteiger partial charge in [-0.1, -0.05) is 37.6 Å². The van der Waals surface area contributed by atoms with Crippen LogP contribution in [0.25, 0.3) is 10.9 Å². The highest BCUT2D eigenvalue weighted by atomic mass is 127. The van der Waals surface area contributed by atoms with Crippen molar-refractivity contribution in [1.29, 1.82) is 0 Å². The van der Waals surface area contributed by atoms with Gasteiger partial charge in [-0.05, 0) is 43.7 Å². The normalized spacial score (nSPS) is 12.5. The van der Waals surface area contributed by atoms with Gasteiger partial charge in [-0.15, -0.1) is 24.0 Å². The number of hydrogen-bond donors (Lipinski definition) is 3. The number of pyridine rings is 1. The maximum Gasteiger partial charge on any atom is 0.191 e. The molecule has 0 saturated carbocycles. The first-order valence-corrected chi connectivity index (χ1v) is 9.74. The predicted octanol–water partition coefficient (Wildman–Crippen LogP) is 3.75. The molecule has 0 saturated heterocycles. The number of hydrogen-bond acceptors (Lipinski definition) is 3. The van der Waals surface area contributed by atoms with E-state index in [2.05, 4.69) is 53.7 Å². The molecular formula is C21H33IN4O. The zero-order valence-electron chi connectivity index (χ0n) is 16.4. The fourth-order valence-corrected chi connectivity index (χ4v) is 3.16. The lowest BCUT2D eigenvalue weighted by Crippen LogP contribution is -2.38. The summed E-state index contributed by atoms with van der Waals surface area (Å²) in [4.78, 5) is 9.23. The van der Waals surface area contributed by atoms with E-state index in [1.807, 2.05) is 12.3 Å². The molecular weight excluding hydrogens is 451 g/mol. The lowest BCUT2D eigenvalue weighted by molar-refractivity contribution is 0.253. The van der Waals surface area contributed by atoms with E-state index in [4.69, 9.17) is 4.99 Å². The minimum absolute atomic E-state index is 0. The number of aliphatic hydroxyl groups is 1. The smallest absolute Gasteiger partial charge is 0.191 e. The number of aliphatic hydroxyl groups excluding tert-OH is 1. The van der Waals surface area contributed by atoms with Crippen molar-refractivity contribution in [2.24, 2.45) is 10.9 Å². The molecule has 1 unspecified atom stereocenters. The summed E-state index contributed by atoms with van der Waals surface area (Å²) in [7, 11) is 0. The molecule has 6 heteroatoms. The van der Waals surface area contributed by atoms with Gasteiger partial charge in [-0.25, -0.2) is 0 Å². The first-order valence-electron chi connectivity index (χ1n) is 9.74. The minimum Gasteiger partial charge on any atom is -0.396 e. The SMILES string of the molecule is CCCC(CCO)CN=C(NCC)NCCc1cccc2cccnc12.I. The van der Waals surface area contributed by atoms with Crippen molar-refractivity contribution in [2.75, 3.05) is 26.2 Å². The molecule has 0 aliphatic heterocycles. The fraction of sp³-hybridized carbons (Fsp3) is 0.524. The summed E-state index contributed by atoms with van der Waals surface area (Å²) in [6.07, 6.45) is 5.79. The summed E-state index contributed by atoms with van der Waals surface area (Å²) >= 11 is 0. The van der Waals surface area contributed by atoms with E-state index in [1.54, 1.807) is 0 Å². The number of aromatic nitrogens is 1. The third-order valence-electron chi connectivity index (χ3n) is 4.49. The molecule has 150 valence electrons. The maximum absolute atomic E-state index is 9.20. The van der Waals surface area contributed by atoms with Crippen LogP contribution in [0, 0.1) is 5.92 Å². The molecule has 27 heavy (non-hydrogen) atoms. The van der Waals surface area contributed by atoms with Crippen molar-refractivity contribution in [3.05, 3.63) is 42.1 Å². The summed E-state index contributed by atoms with van der Waals surface area (Å²) in [5.74, 6) is 1.29. The number of aliphatic imine (C=N–C) groups is 1. The van der Waals surface area contributed by atoms with Crippen LogP contribution in [0.15, 0.2) is 41.5 Å². The molecule has 1 heterocycles. The molecule has 1 aromatic carbocycles. The van der Waals surface area contributed by atoms with Gasteiger partial charge >= 0.3 is 0 Å². The van der Waals surface area contributed by atoms with Crippen LogP contribution in [0.3, 0.4) is 0 Å². The van der Waals surface area contributed by atoms with E-state index in [0.29, 0.717) is 5.92 Å². The molecule has 2 rings (SSSR count). The van der Waals surface area contributed by atoms with Crippen molar-refractivity contribution in [3.63, 3.8) is 0 Å². The molecule has 0 aliphatic rings. The van der Waals surface area contributed by atoms with Crippen LogP contribution in [0.2, 0.25) is 0 Å². The Hall–Kier alpha value is -1.41. The Morgan fingerprint density at radius 3 is 2.70 bits per heavy atom. The minimum atomic E-state index is 0. The van der Waals surface area contributed by atoms with E-state index >= 15 is 0 Å². The Morgan fingerprint density at radius 2 is 1.96 bits per heavy atom. The van der Waals surface area contributed by atoms with Gasteiger partial charge < -0.3 is 15.7 Å². The van der Waals surface area contributed by atoms with Crippen molar-refractivity contribution in [1.82, 2.24) is 15.6 Å². The molecule has 0 fully saturated rings. The van der Waals surface area contributed by atoms with Gasteiger partial charge in [0.25, 0.3) is 0 Å². The van der Waals surface area contributed by atoms with Gasteiger partial charge in [0.15, 0.2) is 5.96 Å². The largest absolute Gasteiger partial charge is 0.396 e. The number of halogens is 1. The monoisotopic (exact) mass is 484 g/mol. The van der Waals surface area contributed by atoms with Gasteiger partial charge in [0, 0.05) is 37.8 Å². The molecule has 5 nitrogen and oxygen atoms in total. The standard InChI is InChI=1S/C21H32N4O.HI/c1-3-7-17(12-15-26)16-25-21(22-4-2)24-14-11-19-9-5-8-18-10-6-13-23-20(18)19;/h5-6,8-10,13,17,26H,3-4,7,11-12,14-16H2,1-2H3,(H2,22,24,25);1H. The average Bonchev–Trinajstić information content (AvgIpc) is 2.66. The fourth-order valence-electron chi connectivity index (χ4n) is 3.16. The molecule has 0 bridgehead atoms. The molecule has 1 aromatic heterocycles. The Bertz CT molecular complexity index is 681. The zero-order chi connectivity index (χ0) is 18.6. The van der Waals surface area contributed by atoms with Crippen LogP contribution in [-0.4, -0.2) is 42.3 Å². The van der Waals surface area contributed by atoms with E-state index in [9.17, 15) is 5.11 Å². The number of fused-ring (bicyclic) bond motifs is 1. The Labute approximate surface area is 180 Å². The van der Waals surface area contributed by atoms with Gasteiger partial charge in [0.1, 0.15) is 0 Å². The summed E-state index contributed by atoms with van der Waals surface area (Å²) in [5, 5.41) is 17.1. The van der Waals surface area contributed by atoms with Gasteiger partial charge in [0.05, 0.1) is 5.52 Å². The van der Waals surface area contributed by atoms with Crippen molar-refractivity contribution in [2.45, 2.75) is 39.5 Å². The molecule has 0 radical (unpaired) electrons. The van der Waals surface area contributed by atoms with E-state index < -0.39 is 0 Å². The summed E-state index contributed by atoms with van der Waals surface area (Å²) in [6.45, 7) is 6.87. The highest BCUT2D eigenvalue weighted by Crippen LogP contribution is 2.16. The van der Waals surface area contributed by atoms with Crippen LogP contribution in [0.4, 0.5) is 0 Å². The molecule has 0 spiro atoms. The summed E-state index contributed by atoms with van der Waals surface area (Å²) in [6, 6.07) is 10.4. The third kappa shape index (κ3) is 8.01. The van der Waals surface area contributed by atoms with Gasteiger partial charge in [0.2, 0.25) is 0 Å². The second kappa shape index (κ2) is 13.7. The second-order valence-corrected chi connectivity index (χ2v) is 6.56.